The van der Waals surface area contributed by atoms with Crippen LogP contribution in [-0.2, 0) is 0 Å². The summed E-state index contributed by atoms with van der Waals surface area (Å²) in [6, 6.07) is 6.28. The monoisotopic (exact) mass is 167 g/mol. The number of hydrogen-bond donors (Lipinski definition) is 0. The number of carbonyl (C=O) groups excluding carboxylic acids is 1. The lowest BCUT2D eigenvalue weighted by atomic mass is 10.2. The van der Waals surface area contributed by atoms with Crippen molar-refractivity contribution in [2.75, 3.05) is 0 Å². The quantitative estimate of drug-likeness (QED) is 0.477. The maximum atomic E-state index is 10.6. The molecule has 0 amide bonds. The Morgan fingerprint density at radius 1 is 1.45 bits per heavy atom. The van der Waals surface area contributed by atoms with Crippen LogP contribution >= 0.6 is 11.6 Å². The smallest absolute Gasteiger partial charge is 0.275 e. The fourth-order valence-corrected chi connectivity index (χ4v) is 0.887. The maximum absolute atomic E-state index is 10.6. The molecule has 0 N–H and O–H groups in total. The first-order valence-corrected chi connectivity index (χ1v) is 3.27. The molecular weight excluding hydrogens is 164 g/mol. The molecule has 4 heteroatoms. The minimum absolute atomic E-state index is 0.188. The van der Waals surface area contributed by atoms with E-state index in [1.807, 2.05) is 0 Å². The van der Waals surface area contributed by atoms with Gasteiger partial charge in [-0.05, 0) is 17.7 Å². The van der Waals surface area contributed by atoms with Gasteiger partial charge in [0.15, 0.2) is 4.98 Å². The van der Waals surface area contributed by atoms with Gasteiger partial charge >= 0.3 is 5.69 Å². The number of diazo groups is 1. The Bertz CT molecular complexity index is 329. The third kappa shape index (κ3) is 1.54. The van der Waals surface area contributed by atoms with Gasteiger partial charge in [0.2, 0.25) is 5.39 Å². The Labute approximate surface area is 68.2 Å². The topological polar surface area (TPSA) is 45.2 Å². The first-order valence-electron chi connectivity index (χ1n) is 2.89. The lowest BCUT2D eigenvalue weighted by Crippen LogP contribution is -1.86. The van der Waals surface area contributed by atoms with E-state index in [-0.39, 0.29) is 11.3 Å². The van der Waals surface area contributed by atoms with Crippen molar-refractivity contribution in [3.63, 3.8) is 0 Å². The molecule has 0 heterocycles. The van der Waals surface area contributed by atoms with Crippen molar-refractivity contribution in [1.29, 1.82) is 5.39 Å². The summed E-state index contributed by atoms with van der Waals surface area (Å²) in [6.07, 6.45) is 0. The average molecular weight is 168 g/mol. The van der Waals surface area contributed by atoms with Crippen molar-refractivity contribution in [2.45, 2.75) is 0 Å². The van der Waals surface area contributed by atoms with Gasteiger partial charge in [-0.3, -0.25) is 4.79 Å². The molecule has 0 aliphatic rings. The minimum atomic E-state index is -0.626. The van der Waals surface area contributed by atoms with E-state index in [1.54, 1.807) is 12.1 Å². The zero-order chi connectivity index (χ0) is 8.27. The van der Waals surface area contributed by atoms with Gasteiger partial charge in [-0.2, -0.15) is 0 Å². The first kappa shape index (κ1) is 7.70. The van der Waals surface area contributed by atoms with E-state index in [4.69, 9.17) is 17.0 Å². The van der Waals surface area contributed by atoms with Gasteiger partial charge in [0.1, 0.15) is 5.56 Å². The van der Waals surface area contributed by atoms with E-state index in [2.05, 4.69) is 4.98 Å². The molecular formula is C7H4ClN2O+. The Balaban J connectivity index is 3.26. The SMILES string of the molecule is N#[N+]c1ccccc1C(=O)Cl. The summed E-state index contributed by atoms with van der Waals surface area (Å²) in [5, 5.41) is 7.75. The fraction of sp³-hybridized carbons (Fsp3) is 0. The number of hydrogen-bond acceptors (Lipinski definition) is 2. The van der Waals surface area contributed by atoms with Crippen LogP contribution < -0.4 is 0 Å². The van der Waals surface area contributed by atoms with Crippen LogP contribution in [0.3, 0.4) is 0 Å². The molecule has 3 nitrogen and oxygen atoms in total. The molecule has 0 atom stereocenters. The molecule has 54 valence electrons. The molecule has 1 aromatic rings. The molecule has 0 unspecified atom stereocenters. The lowest BCUT2D eigenvalue weighted by Gasteiger charge is -1.85. The molecule has 1 aromatic carbocycles. The van der Waals surface area contributed by atoms with Crippen LogP contribution in [0.4, 0.5) is 5.69 Å². The van der Waals surface area contributed by atoms with Gasteiger partial charge in [0.05, 0.1) is 0 Å². The third-order valence-electron chi connectivity index (χ3n) is 1.22. The van der Waals surface area contributed by atoms with Crippen LogP contribution in [0.15, 0.2) is 24.3 Å². The highest BCUT2D eigenvalue weighted by atomic mass is 35.5. The molecule has 0 aliphatic heterocycles. The number of halogens is 1. The highest BCUT2D eigenvalue weighted by Crippen LogP contribution is 2.19. The largest absolute Gasteiger partial charge is 0.397 e. The van der Waals surface area contributed by atoms with E-state index in [9.17, 15) is 4.79 Å². The van der Waals surface area contributed by atoms with Gasteiger partial charge in [0, 0.05) is 6.07 Å². The molecule has 0 spiro atoms. The Morgan fingerprint density at radius 3 is 2.55 bits per heavy atom. The molecule has 0 bridgehead atoms. The summed E-state index contributed by atoms with van der Waals surface area (Å²) < 4.78 is 0. The van der Waals surface area contributed by atoms with Gasteiger partial charge in [-0.1, -0.05) is 12.1 Å². The first-order chi connectivity index (χ1) is 5.25. The Kier molecular flexibility index (Phi) is 2.19. The van der Waals surface area contributed by atoms with Crippen LogP contribution in [0.25, 0.3) is 4.98 Å². The molecule has 0 aliphatic carbocycles. The molecule has 0 saturated heterocycles. The summed E-state index contributed by atoms with van der Waals surface area (Å²) in [6.45, 7) is 0. The van der Waals surface area contributed by atoms with Crippen molar-refractivity contribution < 1.29 is 4.79 Å². The summed E-state index contributed by atoms with van der Waals surface area (Å²) >= 11 is 5.18. The predicted octanol–water partition coefficient (Wildman–Crippen LogP) is 2.55. The normalized spacial score (nSPS) is 8.73. The van der Waals surface area contributed by atoms with E-state index in [1.165, 1.54) is 12.1 Å². The van der Waals surface area contributed by atoms with Crippen molar-refractivity contribution in [2.24, 2.45) is 0 Å². The second kappa shape index (κ2) is 3.13. The summed E-state index contributed by atoms with van der Waals surface area (Å²) in [5.74, 6) is 0. The van der Waals surface area contributed by atoms with E-state index in [0.717, 1.165) is 0 Å². The Morgan fingerprint density at radius 2 is 2.09 bits per heavy atom. The molecule has 0 aromatic heterocycles. The summed E-state index contributed by atoms with van der Waals surface area (Å²) in [7, 11) is 0. The van der Waals surface area contributed by atoms with Crippen molar-refractivity contribution in [1.82, 2.24) is 0 Å². The van der Waals surface area contributed by atoms with Crippen LogP contribution in [0.5, 0.6) is 0 Å². The Hall–Kier alpha value is -1.40. The zero-order valence-corrected chi connectivity index (χ0v) is 6.25. The van der Waals surface area contributed by atoms with Crippen LogP contribution in [0, 0.1) is 5.39 Å². The highest BCUT2D eigenvalue weighted by molar-refractivity contribution is 6.68. The maximum Gasteiger partial charge on any atom is 0.397 e. The number of carbonyl (C=O) groups is 1. The van der Waals surface area contributed by atoms with Gasteiger partial charge in [-0.15, -0.1) is 0 Å². The summed E-state index contributed by atoms with van der Waals surface area (Å²) in [4.78, 5) is 13.5. The minimum Gasteiger partial charge on any atom is -0.275 e. The van der Waals surface area contributed by atoms with Gasteiger partial charge < -0.3 is 0 Å². The van der Waals surface area contributed by atoms with Gasteiger partial charge in [0.25, 0.3) is 5.24 Å². The fourth-order valence-electron chi connectivity index (χ4n) is 0.727. The van der Waals surface area contributed by atoms with E-state index >= 15 is 0 Å². The van der Waals surface area contributed by atoms with Crippen molar-refractivity contribution >= 4 is 22.5 Å². The third-order valence-corrected chi connectivity index (χ3v) is 1.43. The van der Waals surface area contributed by atoms with Crippen molar-refractivity contribution in [3.05, 3.63) is 34.8 Å². The molecule has 0 radical (unpaired) electrons. The second-order valence-electron chi connectivity index (χ2n) is 1.89. The zero-order valence-electron chi connectivity index (χ0n) is 5.49. The van der Waals surface area contributed by atoms with Gasteiger partial charge in [-0.25, -0.2) is 0 Å². The predicted molar refractivity (Wildman–Crippen MR) is 41.4 cm³/mol. The molecule has 11 heavy (non-hydrogen) atoms. The molecule has 0 fully saturated rings. The summed E-state index contributed by atoms with van der Waals surface area (Å²) in [5.41, 5.74) is 0.393. The number of nitrogens with zero attached hydrogens (tertiary/aromatic N) is 2. The molecule has 0 saturated carbocycles. The van der Waals surface area contributed by atoms with Crippen molar-refractivity contribution in [3.8, 4) is 0 Å². The standard InChI is InChI=1S/C7H4ClN2O/c8-7(11)5-3-1-2-4-6(5)10-9/h1-4H/q+1. The van der Waals surface area contributed by atoms with E-state index < -0.39 is 5.24 Å². The van der Waals surface area contributed by atoms with E-state index in [0.29, 0.717) is 0 Å². The number of rotatable bonds is 1. The van der Waals surface area contributed by atoms with Crippen LogP contribution in [0.2, 0.25) is 0 Å². The second-order valence-corrected chi connectivity index (χ2v) is 2.23. The van der Waals surface area contributed by atoms with Crippen LogP contribution in [-0.4, -0.2) is 5.24 Å². The molecule has 1 rings (SSSR count). The lowest BCUT2D eigenvalue weighted by molar-refractivity contribution is 0.108. The number of benzene rings is 1. The average Bonchev–Trinajstić information content (AvgIpc) is 2.04. The highest BCUT2D eigenvalue weighted by Gasteiger charge is 2.16. The van der Waals surface area contributed by atoms with Crippen LogP contribution in [0.1, 0.15) is 10.4 Å².